The predicted molar refractivity (Wildman–Crippen MR) is 14.4 cm³/mol. The minimum atomic E-state index is -4.99. The molecular weight excluding hydrogens is 141 g/mol. The molecule has 46 valence electrons. The second kappa shape index (κ2) is 4.23. The molecule has 0 bridgehead atoms. The first-order valence-corrected chi connectivity index (χ1v) is 2.31. The maximum atomic E-state index is 10.3. The van der Waals surface area contributed by atoms with Gasteiger partial charge in [-0.25, -0.2) is 0 Å². The van der Waals surface area contributed by atoms with Crippen LogP contribution in [0.3, 0.4) is 0 Å². The number of hydrogen-bond donors (Lipinski definition) is 0. The molecule has 0 saturated heterocycles. The summed E-state index contributed by atoms with van der Waals surface area (Å²) in [6.07, 6.45) is 0. The monoisotopic (exact) mass is 142 g/mol. The quantitative estimate of drug-likeness (QED) is 0.389. The molecule has 4 nitrogen and oxygen atoms in total. The molecule has 0 radical (unpaired) electrons. The Labute approximate surface area is 57.6 Å². The van der Waals surface area contributed by atoms with E-state index in [1.54, 1.807) is 0 Å². The van der Waals surface area contributed by atoms with E-state index in [0.29, 0.717) is 0 Å². The standard InChI is InChI=1S/F2O4S.Li.H/c1-5-7(3,4)6-2;;/q;+1;-1. The van der Waals surface area contributed by atoms with Crippen molar-refractivity contribution in [3.63, 3.8) is 0 Å². The first-order valence-electron chi connectivity index (χ1n) is 0.975. The molecule has 0 aromatic rings. The minimum Gasteiger partial charge on any atom is -1.00 e. The first-order chi connectivity index (χ1) is 3.12. The summed E-state index contributed by atoms with van der Waals surface area (Å²) in [5, 5.41) is 0. The molecule has 8 heteroatoms. The summed E-state index contributed by atoms with van der Waals surface area (Å²) in [5.74, 6) is 0. The van der Waals surface area contributed by atoms with E-state index in [1.165, 1.54) is 0 Å². The Morgan fingerprint density at radius 1 is 1.25 bits per heavy atom. The molecule has 0 heterocycles. The van der Waals surface area contributed by atoms with Gasteiger partial charge in [-0.2, -0.15) is 8.42 Å². The predicted octanol–water partition coefficient (Wildman–Crippen LogP) is -2.85. The van der Waals surface area contributed by atoms with Gasteiger partial charge in [0.05, 0.1) is 0 Å². The molecule has 0 rings (SSSR count). The zero-order chi connectivity index (χ0) is 5.91. The molecule has 0 aromatic heterocycles. The Hall–Kier alpha value is 0.327. The fraction of sp³-hybridized carbons (Fsp3) is 0. The van der Waals surface area contributed by atoms with Crippen molar-refractivity contribution >= 4 is 10.4 Å². The molecule has 0 saturated carbocycles. The van der Waals surface area contributed by atoms with E-state index in [0.717, 1.165) is 0 Å². The number of hydrogen-bond acceptors (Lipinski definition) is 4. The average Bonchev–Trinajstić information content (AvgIpc) is 1.68. The second-order valence-electron chi connectivity index (χ2n) is 0.534. The summed E-state index contributed by atoms with van der Waals surface area (Å²) in [6.45, 7) is 0. The summed E-state index contributed by atoms with van der Waals surface area (Å²) < 4.78 is 42.9. The van der Waals surface area contributed by atoms with Crippen molar-refractivity contribution in [1.29, 1.82) is 0 Å². The number of rotatable bonds is 2. The smallest absolute Gasteiger partial charge is 1.00 e. The van der Waals surface area contributed by atoms with E-state index in [4.69, 9.17) is 0 Å². The van der Waals surface area contributed by atoms with Gasteiger partial charge in [-0.15, -0.1) is 0 Å². The van der Waals surface area contributed by atoms with Crippen LogP contribution in [0.25, 0.3) is 0 Å². The summed E-state index contributed by atoms with van der Waals surface area (Å²) in [7, 11) is -4.99. The molecule has 0 fully saturated rings. The fourth-order valence-corrected chi connectivity index (χ4v) is 0.0292. The maximum Gasteiger partial charge on any atom is 1.00 e. The number of halogens is 2. The summed E-state index contributed by atoms with van der Waals surface area (Å²) in [6, 6.07) is 0. The van der Waals surface area contributed by atoms with Crippen LogP contribution in [0.4, 0.5) is 9.05 Å². The zero-order valence-electron chi connectivity index (χ0n) is 4.80. The Morgan fingerprint density at radius 3 is 1.50 bits per heavy atom. The van der Waals surface area contributed by atoms with E-state index in [2.05, 4.69) is 0 Å². The van der Waals surface area contributed by atoms with Crippen molar-refractivity contribution < 1.29 is 46.5 Å². The van der Waals surface area contributed by atoms with Gasteiger partial charge in [-0.1, -0.05) is 0 Å². The van der Waals surface area contributed by atoms with Gasteiger partial charge in [0.1, 0.15) is 0 Å². The molecule has 0 aromatic carbocycles. The van der Waals surface area contributed by atoms with Gasteiger partial charge >= 0.3 is 29.3 Å². The third kappa shape index (κ3) is 4.49. The maximum absolute atomic E-state index is 10.3. The van der Waals surface area contributed by atoms with Gasteiger partial charge in [0.15, 0.2) is 0 Å². The SMILES string of the molecule is O=S(=O)(OF)OF.[H-].[Li+]. The fourth-order valence-electron chi connectivity index (χ4n) is 0.00972. The molecule has 0 atom stereocenters. The molecule has 0 aliphatic heterocycles. The zero-order valence-corrected chi connectivity index (χ0v) is 4.61. The van der Waals surface area contributed by atoms with Crippen molar-refractivity contribution in [2.45, 2.75) is 0 Å². The van der Waals surface area contributed by atoms with Crippen molar-refractivity contribution in [2.24, 2.45) is 0 Å². The van der Waals surface area contributed by atoms with Crippen molar-refractivity contribution in [3.8, 4) is 0 Å². The van der Waals surface area contributed by atoms with Crippen LogP contribution in [0.5, 0.6) is 0 Å². The van der Waals surface area contributed by atoms with E-state index in [-0.39, 0.29) is 20.3 Å². The third-order valence-corrected chi connectivity index (χ3v) is 0.463. The average molecular weight is 142 g/mol. The molecule has 0 N–H and O–H groups in total. The second-order valence-corrected chi connectivity index (χ2v) is 1.60. The van der Waals surface area contributed by atoms with Gasteiger partial charge in [-0.05, 0) is 17.8 Å². The van der Waals surface area contributed by atoms with Crippen LogP contribution in [0, 0.1) is 0 Å². The van der Waals surface area contributed by atoms with Gasteiger partial charge in [0, 0.05) is 0 Å². The Morgan fingerprint density at radius 2 is 1.50 bits per heavy atom. The Bertz CT molecular complexity index is 122. The van der Waals surface area contributed by atoms with Crippen LogP contribution in [0.1, 0.15) is 1.43 Å². The largest absolute Gasteiger partial charge is 1.00 e. The minimum absolute atomic E-state index is 0. The van der Waals surface area contributed by atoms with E-state index in [1.807, 2.05) is 8.78 Å². The van der Waals surface area contributed by atoms with Crippen LogP contribution in [-0.4, -0.2) is 8.42 Å². The van der Waals surface area contributed by atoms with Crippen molar-refractivity contribution in [3.05, 3.63) is 0 Å². The normalized spacial score (nSPS) is 10.2. The van der Waals surface area contributed by atoms with E-state index in [9.17, 15) is 17.5 Å². The molecule has 8 heavy (non-hydrogen) atoms. The summed E-state index contributed by atoms with van der Waals surface area (Å²) in [4.78, 5) is 0. The third-order valence-electron chi connectivity index (χ3n) is 0.154. The van der Waals surface area contributed by atoms with Crippen molar-refractivity contribution in [1.82, 2.24) is 0 Å². The van der Waals surface area contributed by atoms with E-state index >= 15 is 0 Å². The molecule has 0 unspecified atom stereocenters. The molecule has 0 spiro atoms. The first kappa shape index (κ1) is 11.2. The summed E-state index contributed by atoms with van der Waals surface area (Å²) >= 11 is 0. The molecule has 0 aliphatic carbocycles. The van der Waals surface area contributed by atoms with E-state index < -0.39 is 10.4 Å². The molecule has 0 amide bonds. The van der Waals surface area contributed by atoms with Crippen LogP contribution in [0.2, 0.25) is 0 Å². The van der Waals surface area contributed by atoms with Crippen LogP contribution in [0.15, 0.2) is 0 Å². The Kier molecular flexibility index (Phi) is 5.91. The van der Waals surface area contributed by atoms with Crippen LogP contribution >= 0.6 is 0 Å². The van der Waals surface area contributed by atoms with Gasteiger partial charge in [0.25, 0.3) is 0 Å². The molecule has 0 aliphatic rings. The topological polar surface area (TPSA) is 52.6 Å². The van der Waals surface area contributed by atoms with Crippen molar-refractivity contribution in [2.75, 3.05) is 0 Å². The van der Waals surface area contributed by atoms with Crippen LogP contribution in [-0.2, 0) is 19.2 Å². The Balaban J connectivity index is -0.000000180. The van der Waals surface area contributed by atoms with Gasteiger partial charge < -0.3 is 1.43 Å². The van der Waals surface area contributed by atoms with Gasteiger partial charge in [0.2, 0.25) is 0 Å². The molecular formula is HF2LiO4S. The summed E-state index contributed by atoms with van der Waals surface area (Å²) in [5.41, 5.74) is 0. The van der Waals surface area contributed by atoms with Gasteiger partial charge in [-0.3, -0.25) is 0 Å². The van der Waals surface area contributed by atoms with Crippen LogP contribution < -0.4 is 18.9 Å².